The molecule has 2 aromatic rings. The van der Waals surface area contributed by atoms with Crippen LogP contribution in [0.4, 0.5) is 5.82 Å². The Labute approximate surface area is 86.6 Å². The molecule has 5 heteroatoms. The smallest absolute Gasteiger partial charge is 0.210 e. The molecule has 0 atom stereocenters. The Balaban J connectivity index is 2.18. The second kappa shape index (κ2) is 3.79. The van der Waals surface area contributed by atoms with Gasteiger partial charge in [0.15, 0.2) is 0 Å². The maximum absolute atomic E-state index is 4.35. The van der Waals surface area contributed by atoms with Crippen LogP contribution in [-0.2, 0) is 0 Å². The van der Waals surface area contributed by atoms with E-state index in [-0.39, 0.29) is 0 Å². The highest BCUT2D eigenvalue weighted by Crippen LogP contribution is 2.12. The molecule has 2 aromatic heterocycles. The lowest BCUT2D eigenvalue weighted by Gasteiger charge is -2.04. The Bertz CT molecular complexity index is 391. The number of nitrogens with zero attached hydrogens (tertiary/aromatic N) is 3. The van der Waals surface area contributed by atoms with Gasteiger partial charge in [0.1, 0.15) is 5.82 Å². The Morgan fingerprint density at radius 2 is 2.36 bits per heavy atom. The average Bonchev–Trinajstić information content (AvgIpc) is 2.69. The molecule has 0 fully saturated rings. The van der Waals surface area contributed by atoms with Crippen LogP contribution >= 0.6 is 11.3 Å². The van der Waals surface area contributed by atoms with Gasteiger partial charge < -0.3 is 5.32 Å². The van der Waals surface area contributed by atoms with Crippen molar-refractivity contribution in [3.05, 3.63) is 23.8 Å². The van der Waals surface area contributed by atoms with E-state index in [2.05, 4.69) is 29.2 Å². The molecular weight excluding hydrogens is 196 g/mol. The molecular formula is C9H12N4S. The minimum Gasteiger partial charge on any atom is -0.366 e. The fourth-order valence-corrected chi connectivity index (χ4v) is 1.71. The number of aromatic nitrogens is 3. The van der Waals surface area contributed by atoms with Crippen molar-refractivity contribution in [2.75, 3.05) is 5.32 Å². The lowest BCUT2D eigenvalue weighted by molar-refractivity contribution is 0.840. The standard InChI is InChI=1S/C9H12N4S/c1-7(2)11-8-3-5-13(12-8)9-10-4-6-14-9/h3-7H,1-2H3,(H,11,12). The monoisotopic (exact) mass is 208 g/mol. The van der Waals surface area contributed by atoms with Crippen molar-refractivity contribution in [3.8, 4) is 5.13 Å². The number of nitrogens with one attached hydrogen (secondary N) is 1. The number of rotatable bonds is 3. The molecule has 0 spiro atoms. The number of hydrogen-bond donors (Lipinski definition) is 1. The average molecular weight is 208 g/mol. The maximum Gasteiger partial charge on any atom is 0.210 e. The molecule has 0 unspecified atom stereocenters. The molecule has 0 aliphatic heterocycles. The SMILES string of the molecule is CC(C)Nc1ccn(-c2nccs2)n1. The normalized spacial score (nSPS) is 10.8. The third-order valence-corrected chi connectivity index (χ3v) is 2.40. The van der Waals surface area contributed by atoms with Gasteiger partial charge in [-0.1, -0.05) is 0 Å². The van der Waals surface area contributed by atoms with Crippen molar-refractivity contribution in [2.45, 2.75) is 19.9 Å². The zero-order valence-electron chi connectivity index (χ0n) is 8.14. The second-order valence-corrected chi connectivity index (χ2v) is 4.13. The van der Waals surface area contributed by atoms with Gasteiger partial charge in [-0.3, -0.25) is 0 Å². The van der Waals surface area contributed by atoms with Crippen molar-refractivity contribution in [2.24, 2.45) is 0 Å². The first-order valence-electron chi connectivity index (χ1n) is 4.48. The fraction of sp³-hybridized carbons (Fsp3) is 0.333. The van der Waals surface area contributed by atoms with Crippen LogP contribution in [0, 0.1) is 0 Å². The van der Waals surface area contributed by atoms with Gasteiger partial charge in [0.05, 0.1) is 0 Å². The predicted molar refractivity (Wildman–Crippen MR) is 58.0 cm³/mol. The molecule has 2 heterocycles. The van der Waals surface area contributed by atoms with Crippen LogP contribution in [0.25, 0.3) is 5.13 Å². The van der Waals surface area contributed by atoms with Crippen LogP contribution in [0.2, 0.25) is 0 Å². The van der Waals surface area contributed by atoms with Gasteiger partial charge in [-0.05, 0) is 13.8 Å². The Morgan fingerprint density at radius 3 is 3.00 bits per heavy atom. The maximum atomic E-state index is 4.35. The molecule has 0 amide bonds. The van der Waals surface area contributed by atoms with Gasteiger partial charge in [0, 0.05) is 29.9 Å². The fourth-order valence-electron chi connectivity index (χ4n) is 1.13. The minimum absolute atomic E-state index is 0.398. The summed E-state index contributed by atoms with van der Waals surface area (Å²) in [6, 6.07) is 2.34. The van der Waals surface area contributed by atoms with E-state index < -0.39 is 0 Å². The van der Waals surface area contributed by atoms with E-state index in [0.717, 1.165) is 10.9 Å². The van der Waals surface area contributed by atoms with Crippen molar-refractivity contribution < 1.29 is 0 Å². The van der Waals surface area contributed by atoms with E-state index >= 15 is 0 Å². The van der Waals surface area contributed by atoms with Crippen LogP contribution < -0.4 is 5.32 Å². The van der Waals surface area contributed by atoms with E-state index in [0.29, 0.717) is 6.04 Å². The quantitative estimate of drug-likeness (QED) is 0.840. The van der Waals surface area contributed by atoms with Crippen LogP contribution in [0.5, 0.6) is 0 Å². The summed E-state index contributed by atoms with van der Waals surface area (Å²) in [5, 5.41) is 10.4. The third-order valence-electron chi connectivity index (χ3n) is 1.64. The van der Waals surface area contributed by atoms with Crippen LogP contribution in [0.15, 0.2) is 23.8 Å². The highest BCUT2D eigenvalue weighted by atomic mass is 32.1. The molecule has 0 bridgehead atoms. The Kier molecular flexibility index (Phi) is 2.49. The molecule has 1 N–H and O–H groups in total. The first kappa shape index (κ1) is 9.21. The first-order valence-corrected chi connectivity index (χ1v) is 5.36. The van der Waals surface area contributed by atoms with Crippen LogP contribution in [0.1, 0.15) is 13.8 Å². The molecule has 0 saturated carbocycles. The molecule has 0 aliphatic carbocycles. The molecule has 74 valence electrons. The van der Waals surface area contributed by atoms with Gasteiger partial charge in [0.25, 0.3) is 0 Å². The summed E-state index contributed by atoms with van der Waals surface area (Å²) in [4.78, 5) is 4.17. The summed E-state index contributed by atoms with van der Waals surface area (Å²) in [7, 11) is 0. The van der Waals surface area contributed by atoms with Gasteiger partial charge in [-0.15, -0.1) is 16.4 Å². The Hall–Kier alpha value is -1.36. The zero-order valence-corrected chi connectivity index (χ0v) is 8.95. The van der Waals surface area contributed by atoms with Gasteiger partial charge in [-0.25, -0.2) is 9.67 Å². The summed E-state index contributed by atoms with van der Waals surface area (Å²) in [5.41, 5.74) is 0. The van der Waals surface area contributed by atoms with Crippen molar-refractivity contribution in [1.29, 1.82) is 0 Å². The summed E-state index contributed by atoms with van der Waals surface area (Å²) in [6.07, 6.45) is 3.68. The number of hydrogen-bond acceptors (Lipinski definition) is 4. The van der Waals surface area contributed by atoms with Crippen LogP contribution in [0.3, 0.4) is 0 Å². The molecule has 0 aromatic carbocycles. The Morgan fingerprint density at radius 1 is 1.50 bits per heavy atom. The largest absolute Gasteiger partial charge is 0.366 e. The zero-order chi connectivity index (χ0) is 9.97. The summed E-state index contributed by atoms with van der Waals surface area (Å²) < 4.78 is 1.77. The highest BCUT2D eigenvalue weighted by Gasteiger charge is 2.02. The molecule has 0 radical (unpaired) electrons. The van der Waals surface area contributed by atoms with Gasteiger partial charge >= 0.3 is 0 Å². The molecule has 4 nitrogen and oxygen atoms in total. The van der Waals surface area contributed by atoms with Gasteiger partial charge in [-0.2, -0.15) is 0 Å². The second-order valence-electron chi connectivity index (χ2n) is 3.26. The van der Waals surface area contributed by atoms with E-state index in [4.69, 9.17) is 0 Å². The van der Waals surface area contributed by atoms with Crippen LogP contribution in [-0.4, -0.2) is 20.8 Å². The van der Waals surface area contributed by atoms with E-state index in [1.54, 1.807) is 22.2 Å². The molecule has 0 aliphatic rings. The van der Waals surface area contributed by atoms with Crippen molar-refractivity contribution in [3.63, 3.8) is 0 Å². The van der Waals surface area contributed by atoms with Crippen molar-refractivity contribution in [1.82, 2.24) is 14.8 Å². The minimum atomic E-state index is 0.398. The molecule has 0 saturated heterocycles. The highest BCUT2D eigenvalue weighted by molar-refractivity contribution is 7.12. The number of anilines is 1. The third kappa shape index (κ3) is 1.93. The predicted octanol–water partition coefficient (Wildman–Crippen LogP) is 2.15. The number of thiazole rings is 1. The first-order chi connectivity index (χ1) is 6.75. The molecule has 14 heavy (non-hydrogen) atoms. The lowest BCUT2D eigenvalue weighted by Crippen LogP contribution is -2.10. The summed E-state index contributed by atoms with van der Waals surface area (Å²) in [6.45, 7) is 4.17. The topological polar surface area (TPSA) is 42.7 Å². The van der Waals surface area contributed by atoms with E-state index in [1.165, 1.54) is 0 Å². The van der Waals surface area contributed by atoms with E-state index in [1.807, 2.05) is 17.6 Å². The lowest BCUT2D eigenvalue weighted by atomic mass is 10.4. The summed E-state index contributed by atoms with van der Waals surface area (Å²) in [5.74, 6) is 0.884. The van der Waals surface area contributed by atoms with Gasteiger partial charge in [0.2, 0.25) is 5.13 Å². The van der Waals surface area contributed by atoms with E-state index in [9.17, 15) is 0 Å². The molecule has 2 rings (SSSR count). The van der Waals surface area contributed by atoms with Crippen molar-refractivity contribution >= 4 is 17.2 Å². The summed E-state index contributed by atoms with van der Waals surface area (Å²) >= 11 is 1.57.